The molecule has 2 heterocycles. The van der Waals surface area contributed by atoms with Crippen LogP contribution in [0, 0.1) is 0 Å². The van der Waals surface area contributed by atoms with E-state index in [2.05, 4.69) is 38.6 Å². The van der Waals surface area contributed by atoms with E-state index in [9.17, 15) is 0 Å². The zero-order chi connectivity index (χ0) is 15.9. The van der Waals surface area contributed by atoms with Crippen molar-refractivity contribution >= 4 is 0 Å². The second kappa shape index (κ2) is 8.22. The highest BCUT2D eigenvalue weighted by molar-refractivity contribution is 5.25. The number of H-pyrrole nitrogens is 1. The zero-order valence-electron chi connectivity index (χ0n) is 13.9. The Balaban J connectivity index is 1.33. The highest BCUT2D eigenvalue weighted by Crippen LogP contribution is 2.27. The summed E-state index contributed by atoms with van der Waals surface area (Å²) in [4.78, 5) is 12.0. The lowest BCUT2D eigenvalue weighted by Gasteiger charge is -2.25. The first-order valence-corrected chi connectivity index (χ1v) is 8.74. The van der Waals surface area contributed by atoms with Gasteiger partial charge in [-0.15, -0.1) is 0 Å². The first-order valence-electron chi connectivity index (χ1n) is 8.74. The SMILES string of the molecule is CC(NCCCCNC1CCCc2cccnc21)c1ncc[nH]1. The van der Waals surface area contributed by atoms with Crippen LogP contribution in [0.1, 0.15) is 61.8 Å². The second-order valence-electron chi connectivity index (χ2n) is 6.30. The Morgan fingerprint density at radius 2 is 2.17 bits per heavy atom. The molecule has 0 bridgehead atoms. The number of aryl methyl sites for hydroxylation is 1. The van der Waals surface area contributed by atoms with E-state index in [1.807, 2.05) is 18.5 Å². The molecule has 5 heteroatoms. The van der Waals surface area contributed by atoms with Crippen molar-refractivity contribution in [2.75, 3.05) is 13.1 Å². The molecule has 2 aromatic heterocycles. The smallest absolute Gasteiger partial charge is 0.122 e. The van der Waals surface area contributed by atoms with Gasteiger partial charge in [0.25, 0.3) is 0 Å². The van der Waals surface area contributed by atoms with Gasteiger partial charge in [0.15, 0.2) is 0 Å². The van der Waals surface area contributed by atoms with Crippen molar-refractivity contribution in [3.63, 3.8) is 0 Å². The minimum Gasteiger partial charge on any atom is -0.347 e. The molecule has 0 aliphatic heterocycles. The van der Waals surface area contributed by atoms with E-state index in [1.165, 1.54) is 43.4 Å². The third kappa shape index (κ3) is 4.39. The van der Waals surface area contributed by atoms with Crippen molar-refractivity contribution in [3.8, 4) is 0 Å². The van der Waals surface area contributed by atoms with Crippen molar-refractivity contribution in [2.24, 2.45) is 0 Å². The predicted octanol–water partition coefficient (Wildman–Crippen LogP) is 2.90. The van der Waals surface area contributed by atoms with Crippen molar-refractivity contribution in [1.29, 1.82) is 0 Å². The minimum atomic E-state index is 0.285. The molecule has 1 aliphatic carbocycles. The molecular weight excluding hydrogens is 286 g/mol. The minimum absolute atomic E-state index is 0.285. The van der Waals surface area contributed by atoms with Crippen LogP contribution in [-0.4, -0.2) is 28.0 Å². The van der Waals surface area contributed by atoms with Crippen LogP contribution in [0.2, 0.25) is 0 Å². The Labute approximate surface area is 138 Å². The van der Waals surface area contributed by atoms with Gasteiger partial charge in [-0.2, -0.15) is 0 Å². The van der Waals surface area contributed by atoms with Crippen LogP contribution in [0.4, 0.5) is 0 Å². The third-order valence-electron chi connectivity index (χ3n) is 4.57. The van der Waals surface area contributed by atoms with E-state index in [-0.39, 0.29) is 6.04 Å². The average molecular weight is 313 g/mol. The van der Waals surface area contributed by atoms with Gasteiger partial charge in [-0.25, -0.2) is 4.98 Å². The molecule has 1 aliphatic rings. The Kier molecular flexibility index (Phi) is 5.77. The number of imidazole rings is 1. The van der Waals surface area contributed by atoms with E-state index >= 15 is 0 Å². The summed E-state index contributed by atoms with van der Waals surface area (Å²) in [6.07, 6.45) is 11.6. The van der Waals surface area contributed by atoms with Crippen LogP contribution < -0.4 is 10.6 Å². The molecule has 0 saturated carbocycles. The van der Waals surface area contributed by atoms with Gasteiger partial charge in [0, 0.05) is 24.6 Å². The fraction of sp³-hybridized carbons (Fsp3) is 0.556. The Bertz CT molecular complexity index is 581. The maximum atomic E-state index is 4.58. The molecule has 0 spiro atoms. The van der Waals surface area contributed by atoms with Gasteiger partial charge in [-0.1, -0.05) is 6.07 Å². The number of nitrogens with one attached hydrogen (secondary N) is 3. The van der Waals surface area contributed by atoms with Crippen molar-refractivity contribution in [2.45, 2.75) is 51.1 Å². The van der Waals surface area contributed by atoms with E-state index in [4.69, 9.17) is 0 Å². The molecule has 2 unspecified atom stereocenters. The highest BCUT2D eigenvalue weighted by Gasteiger charge is 2.20. The lowest BCUT2D eigenvalue weighted by atomic mass is 9.92. The van der Waals surface area contributed by atoms with Crippen LogP contribution >= 0.6 is 0 Å². The number of hydrogen-bond acceptors (Lipinski definition) is 4. The molecule has 2 atom stereocenters. The molecule has 0 fully saturated rings. The quantitative estimate of drug-likeness (QED) is 0.656. The molecule has 0 saturated heterocycles. The Morgan fingerprint density at radius 3 is 3.04 bits per heavy atom. The average Bonchev–Trinajstić information content (AvgIpc) is 3.12. The highest BCUT2D eigenvalue weighted by atomic mass is 15.0. The summed E-state index contributed by atoms with van der Waals surface area (Å²) in [6.45, 7) is 4.21. The van der Waals surface area contributed by atoms with Gasteiger partial charge < -0.3 is 15.6 Å². The number of nitrogens with zero attached hydrogens (tertiary/aromatic N) is 2. The maximum Gasteiger partial charge on any atom is 0.122 e. The van der Waals surface area contributed by atoms with Crippen LogP contribution in [-0.2, 0) is 6.42 Å². The fourth-order valence-corrected chi connectivity index (χ4v) is 3.26. The number of aromatic nitrogens is 3. The molecule has 124 valence electrons. The molecule has 5 nitrogen and oxygen atoms in total. The lowest BCUT2D eigenvalue weighted by Crippen LogP contribution is -2.28. The first kappa shape index (κ1) is 16.1. The van der Waals surface area contributed by atoms with Gasteiger partial charge in [-0.05, 0) is 63.7 Å². The number of hydrogen-bond donors (Lipinski definition) is 3. The van der Waals surface area contributed by atoms with Gasteiger partial charge in [-0.3, -0.25) is 4.98 Å². The summed E-state index contributed by atoms with van der Waals surface area (Å²) in [5.74, 6) is 1.01. The molecule has 2 aromatic rings. The number of fused-ring (bicyclic) bond motifs is 1. The normalized spacial score (nSPS) is 18.6. The van der Waals surface area contributed by atoms with E-state index in [1.54, 1.807) is 6.20 Å². The molecule has 3 rings (SSSR count). The van der Waals surface area contributed by atoms with Crippen LogP contribution in [0.3, 0.4) is 0 Å². The molecule has 3 N–H and O–H groups in total. The van der Waals surface area contributed by atoms with Crippen molar-refractivity contribution in [3.05, 3.63) is 47.8 Å². The molecule has 0 radical (unpaired) electrons. The molecular formula is C18H27N5. The fourth-order valence-electron chi connectivity index (χ4n) is 3.26. The standard InChI is InChI=1S/C18H27N5/c1-14(18-22-12-13-23-18)19-9-2-3-10-20-16-8-4-6-15-7-5-11-21-17(15)16/h5,7,11-14,16,19-20H,2-4,6,8-10H2,1H3,(H,22,23). The summed E-state index contributed by atoms with van der Waals surface area (Å²) < 4.78 is 0. The number of aromatic amines is 1. The van der Waals surface area contributed by atoms with Gasteiger partial charge in [0.2, 0.25) is 0 Å². The van der Waals surface area contributed by atoms with Crippen molar-refractivity contribution < 1.29 is 0 Å². The first-order chi connectivity index (χ1) is 11.3. The lowest BCUT2D eigenvalue weighted by molar-refractivity contribution is 0.436. The molecule has 0 amide bonds. The molecule has 23 heavy (non-hydrogen) atoms. The zero-order valence-corrected chi connectivity index (χ0v) is 13.9. The summed E-state index contributed by atoms with van der Waals surface area (Å²) >= 11 is 0. The topological polar surface area (TPSA) is 65.6 Å². The number of unbranched alkanes of at least 4 members (excludes halogenated alkanes) is 1. The summed E-state index contributed by atoms with van der Waals surface area (Å²) in [5, 5.41) is 7.19. The van der Waals surface area contributed by atoms with E-state index < -0.39 is 0 Å². The summed E-state index contributed by atoms with van der Waals surface area (Å²) in [6, 6.07) is 4.99. The Hall–Kier alpha value is -1.72. The van der Waals surface area contributed by atoms with Crippen molar-refractivity contribution in [1.82, 2.24) is 25.6 Å². The number of pyridine rings is 1. The second-order valence-corrected chi connectivity index (χ2v) is 6.30. The monoisotopic (exact) mass is 313 g/mol. The van der Waals surface area contributed by atoms with Crippen LogP contribution in [0.5, 0.6) is 0 Å². The summed E-state index contributed by atoms with van der Waals surface area (Å²) in [7, 11) is 0. The maximum absolute atomic E-state index is 4.58. The predicted molar refractivity (Wildman–Crippen MR) is 92.2 cm³/mol. The van der Waals surface area contributed by atoms with Gasteiger partial charge in [0.05, 0.1) is 11.7 Å². The van der Waals surface area contributed by atoms with Gasteiger partial charge >= 0.3 is 0 Å². The number of rotatable bonds is 8. The molecule has 0 aromatic carbocycles. The van der Waals surface area contributed by atoms with E-state index in [0.717, 1.165) is 18.9 Å². The summed E-state index contributed by atoms with van der Waals surface area (Å²) in [5.41, 5.74) is 2.69. The third-order valence-corrected chi connectivity index (χ3v) is 4.57. The van der Waals surface area contributed by atoms with Crippen LogP contribution in [0.15, 0.2) is 30.7 Å². The Morgan fingerprint density at radius 1 is 1.26 bits per heavy atom. The largest absolute Gasteiger partial charge is 0.347 e. The van der Waals surface area contributed by atoms with Gasteiger partial charge in [0.1, 0.15) is 5.82 Å². The van der Waals surface area contributed by atoms with E-state index in [0.29, 0.717) is 6.04 Å². The van der Waals surface area contributed by atoms with Crippen LogP contribution in [0.25, 0.3) is 0 Å².